The van der Waals surface area contributed by atoms with Crippen LogP contribution in [0, 0.1) is 5.92 Å². The zero-order chi connectivity index (χ0) is 59.1. The average Bonchev–Trinajstić information content (AvgIpc) is 3.72. The summed E-state index contributed by atoms with van der Waals surface area (Å²) in [6, 6.07) is 27.4. The highest BCUT2D eigenvalue weighted by atomic mass is 35.5. The molecule has 21 nitrogen and oxygen atoms in total. The number of ketones is 1. The number of carbonyl (C=O) groups is 4. The molecule has 6 N–H and O–H groups in total. The summed E-state index contributed by atoms with van der Waals surface area (Å²) in [7, 11) is 0. The quantitative estimate of drug-likeness (QED) is 0.0449. The number of pyridine rings is 2. The minimum absolute atomic E-state index is 0.103. The highest BCUT2D eigenvalue weighted by Crippen LogP contribution is 2.32. The van der Waals surface area contributed by atoms with Crippen LogP contribution in [0.4, 0.5) is 23.0 Å². The van der Waals surface area contributed by atoms with Crippen molar-refractivity contribution < 1.29 is 28.7 Å². The number of ether oxygens (including phenoxy) is 2. The number of H-pyrrole nitrogens is 2. The van der Waals surface area contributed by atoms with E-state index in [1.165, 1.54) is 6.08 Å². The fourth-order valence-corrected chi connectivity index (χ4v) is 11.0. The number of hydrogen-bond donors (Lipinski definition) is 5. The molecule has 0 aliphatic carbocycles. The van der Waals surface area contributed by atoms with Crippen LogP contribution in [0.25, 0.3) is 44.6 Å². The van der Waals surface area contributed by atoms with Crippen LogP contribution >= 0.6 is 11.6 Å². The molecule has 10 heterocycles. The third-order valence-corrected chi connectivity index (χ3v) is 15.4. The molecule has 0 saturated carbocycles. The zero-order valence-corrected chi connectivity index (χ0v) is 48.2. The van der Waals surface area contributed by atoms with E-state index in [-0.39, 0.29) is 23.6 Å². The first-order chi connectivity index (χ1) is 41.4. The van der Waals surface area contributed by atoms with Gasteiger partial charge in [0.2, 0.25) is 5.24 Å². The van der Waals surface area contributed by atoms with Crippen molar-refractivity contribution in [1.82, 2.24) is 49.7 Å². The molecular formula is C63H70ClN15O6. The van der Waals surface area contributed by atoms with Gasteiger partial charge < -0.3 is 45.6 Å². The Labute approximate surface area is 498 Å². The molecule has 4 fully saturated rings. The van der Waals surface area contributed by atoms with Crippen molar-refractivity contribution in [3.8, 4) is 22.5 Å². The molecule has 4 aliphatic rings. The van der Waals surface area contributed by atoms with Gasteiger partial charge in [-0.2, -0.15) is 0 Å². The van der Waals surface area contributed by atoms with Crippen LogP contribution in [0.5, 0.6) is 0 Å². The average molecular weight is 1170 g/mol. The topological polar surface area (TPSA) is 259 Å². The number of aromatic nitrogens is 8. The number of benzene rings is 2. The number of piperidine rings is 2. The van der Waals surface area contributed by atoms with Crippen LogP contribution in [-0.4, -0.2) is 157 Å². The van der Waals surface area contributed by atoms with Gasteiger partial charge in [0.05, 0.1) is 37.2 Å². The van der Waals surface area contributed by atoms with Crippen molar-refractivity contribution in [3.63, 3.8) is 0 Å². The molecule has 8 aromatic rings. The lowest BCUT2D eigenvalue weighted by molar-refractivity contribution is -0.115. The smallest absolute Gasteiger partial charge is 0.274 e. The number of hydrogen-bond acceptors (Lipinski definition) is 17. The molecule has 6 aromatic heterocycles. The lowest BCUT2D eigenvalue weighted by Crippen LogP contribution is -2.42. The normalized spacial score (nSPS) is 17.4. The molecule has 0 radical (unpaired) electrons. The number of allylic oxidation sites excluding steroid dienone is 2. The molecule has 4 saturated heterocycles. The third kappa shape index (κ3) is 16.0. The summed E-state index contributed by atoms with van der Waals surface area (Å²) in [6.45, 7) is 17.9. The first-order valence-corrected chi connectivity index (χ1v) is 29.1. The first-order valence-electron chi connectivity index (χ1n) is 28.7. The molecule has 2 amide bonds. The summed E-state index contributed by atoms with van der Waals surface area (Å²) < 4.78 is 11.0. The summed E-state index contributed by atoms with van der Waals surface area (Å²) >= 11 is 4.71. The molecule has 2 aromatic carbocycles. The van der Waals surface area contributed by atoms with Crippen LogP contribution < -0.4 is 26.2 Å². The molecule has 440 valence electrons. The van der Waals surface area contributed by atoms with Gasteiger partial charge in [0.25, 0.3) is 11.8 Å². The Bertz CT molecular complexity index is 3620. The zero-order valence-electron chi connectivity index (χ0n) is 47.4. The number of amides is 2. The Balaban J connectivity index is 0.000000176. The van der Waals surface area contributed by atoms with Crippen molar-refractivity contribution in [2.24, 2.45) is 11.7 Å². The predicted octanol–water partition coefficient (Wildman–Crippen LogP) is 8.44. The summed E-state index contributed by atoms with van der Waals surface area (Å²) in [4.78, 5) is 89.7. The first kappa shape index (κ1) is 59.6. The van der Waals surface area contributed by atoms with Gasteiger partial charge in [-0.15, -0.1) is 0 Å². The van der Waals surface area contributed by atoms with Crippen molar-refractivity contribution in [3.05, 3.63) is 158 Å². The van der Waals surface area contributed by atoms with Gasteiger partial charge in [0, 0.05) is 100.0 Å². The summed E-state index contributed by atoms with van der Waals surface area (Å²) in [5.41, 5.74) is 15.8. The highest BCUT2D eigenvalue weighted by molar-refractivity contribution is 6.66. The standard InChI is InChI=1S/C32H35N7O3.C28H32N8O2.C3H3ClO/c1-2-26(40)16-22-4-3-11-38(19-22)20-23-9-10-33-29(17-23)32(41)36-25-7-5-24(6-8-25)28-18-27-30(37-28)34-21-35-31(27)39-12-14-42-15-13-39;29-21-2-1-9-35(17-21)16-19-7-8-30-25(14-19)28(37)33-22-5-3-20(4-6-22)24-15-23-26(34-24)31-18-32-27(23)36-10-12-38-13-11-36;1-2-3(4)5/h2,5-10,17-18,21-22H,1,3-4,11-16,19-20H2,(H,36,41)(H,34,35,37);3-8,14-15,18,21H,1-2,9-13,16-17,29H2,(H,33,37)(H,31,32,34);2H,1H2/t22-;21-;/m01./s1. The third-order valence-electron chi connectivity index (χ3n) is 15.3. The molecule has 4 aliphatic heterocycles. The van der Waals surface area contributed by atoms with Crippen molar-refractivity contribution >= 4 is 79.5 Å². The lowest BCUT2D eigenvalue weighted by atomic mass is 9.92. The van der Waals surface area contributed by atoms with E-state index in [4.69, 9.17) is 26.8 Å². The molecule has 0 spiro atoms. The molecule has 22 heteroatoms. The second kappa shape index (κ2) is 28.8. The number of anilines is 4. The number of nitrogens with two attached hydrogens (primary N) is 1. The molecule has 2 atom stereocenters. The number of likely N-dealkylation sites (tertiary alicyclic amines) is 2. The number of morpholine rings is 2. The SMILES string of the molecule is C=CC(=O)C[C@@H]1CCCN(Cc2ccnc(C(=O)Nc3ccc(-c4cc5c(N6CCOCC6)ncnc5[nH]4)cc3)c2)C1.C=CC(=O)Cl.N[C@@H]1CCCN(Cc2ccnc(C(=O)Nc3ccc(-c4cc5c(N6CCOCC6)ncnc5[nH]4)cc3)c2)C1. The minimum atomic E-state index is -0.509. The van der Waals surface area contributed by atoms with Crippen LogP contribution in [0.1, 0.15) is 64.2 Å². The number of aromatic amines is 2. The Kier molecular flexibility index (Phi) is 20.2. The number of halogens is 1. The summed E-state index contributed by atoms with van der Waals surface area (Å²) in [6.07, 6.45) is 13.9. The van der Waals surface area contributed by atoms with Crippen LogP contribution in [0.2, 0.25) is 0 Å². The summed E-state index contributed by atoms with van der Waals surface area (Å²) in [5.74, 6) is 1.79. The van der Waals surface area contributed by atoms with E-state index in [9.17, 15) is 19.2 Å². The van der Waals surface area contributed by atoms with E-state index < -0.39 is 5.24 Å². The highest BCUT2D eigenvalue weighted by Gasteiger charge is 2.24. The van der Waals surface area contributed by atoms with Gasteiger partial charge in [0.15, 0.2) is 5.78 Å². The van der Waals surface area contributed by atoms with Gasteiger partial charge in [-0.3, -0.25) is 38.9 Å². The van der Waals surface area contributed by atoms with E-state index in [1.54, 1.807) is 25.0 Å². The molecular weight excluding hydrogens is 1100 g/mol. The van der Waals surface area contributed by atoms with Crippen molar-refractivity contribution in [2.75, 3.05) is 99.2 Å². The lowest BCUT2D eigenvalue weighted by Gasteiger charge is -2.32. The van der Waals surface area contributed by atoms with E-state index >= 15 is 0 Å². The Morgan fingerprint density at radius 1 is 0.600 bits per heavy atom. The maximum Gasteiger partial charge on any atom is 0.274 e. The van der Waals surface area contributed by atoms with Crippen molar-refractivity contribution in [1.29, 1.82) is 0 Å². The van der Waals surface area contributed by atoms with E-state index in [0.717, 1.165) is 165 Å². The number of nitrogens with zero attached hydrogens (tertiary/aromatic N) is 10. The maximum atomic E-state index is 13.1. The number of rotatable bonds is 16. The molecule has 0 bridgehead atoms. The number of fused-ring (bicyclic) bond motifs is 2. The maximum absolute atomic E-state index is 13.1. The van der Waals surface area contributed by atoms with Crippen LogP contribution in [0.15, 0.2) is 135 Å². The fourth-order valence-electron chi connectivity index (χ4n) is 11.0. The fraction of sp³-hybridized carbons (Fsp3) is 0.333. The van der Waals surface area contributed by atoms with E-state index in [0.29, 0.717) is 61.5 Å². The Hall–Kier alpha value is -8.57. The van der Waals surface area contributed by atoms with Gasteiger partial charge in [-0.05, 0) is 151 Å². The van der Waals surface area contributed by atoms with Gasteiger partial charge in [-0.25, -0.2) is 19.9 Å². The molecule has 12 rings (SSSR count). The number of nitrogens with one attached hydrogen (secondary N) is 4. The monoisotopic (exact) mass is 1170 g/mol. The number of carbonyl (C=O) groups excluding carboxylic acids is 4. The van der Waals surface area contributed by atoms with Crippen LogP contribution in [-0.2, 0) is 32.2 Å². The predicted molar refractivity (Wildman–Crippen MR) is 330 cm³/mol. The van der Waals surface area contributed by atoms with E-state index in [2.05, 4.69) is 95.4 Å². The second-order valence-electron chi connectivity index (χ2n) is 21.4. The Morgan fingerprint density at radius 2 is 1.06 bits per heavy atom. The summed E-state index contributed by atoms with van der Waals surface area (Å²) in [5, 5.41) is 7.39. The largest absolute Gasteiger partial charge is 0.378 e. The van der Waals surface area contributed by atoms with Crippen molar-refractivity contribution in [2.45, 2.75) is 51.2 Å². The van der Waals surface area contributed by atoms with Gasteiger partial charge >= 0.3 is 0 Å². The Morgan fingerprint density at radius 3 is 1.51 bits per heavy atom. The minimum Gasteiger partial charge on any atom is -0.378 e. The second-order valence-corrected chi connectivity index (χ2v) is 21.8. The molecule has 0 unspecified atom stereocenters. The van der Waals surface area contributed by atoms with Crippen LogP contribution in [0.3, 0.4) is 0 Å². The molecule has 85 heavy (non-hydrogen) atoms. The van der Waals surface area contributed by atoms with E-state index in [1.807, 2.05) is 72.8 Å². The van der Waals surface area contributed by atoms with Gasteiger partial charge in [-0.1, -0.05) is 37.4 Å². The van der Waals surface area contributed by atoms with Gasteiger partial charge in [0.1, 0.15) is 47.0 Å².